The van der Waals surface area contributed by atoms with E-state index in [2.05, 4.69) is 26.4 Å². The van der Waals surface area contributed by atoms with Crippen LogP contribution in [-0.2, 0) is 4.74 Å². The van der Waals surface area contributed by atoms with Gasteiger partial charge in [0.1, 0.15) is 17.0 Å². The predicted molar refractivity (Wildman–Crippen MR) is 92.4 cm³/mol. The van der Waals surface area contributed by atoms with Gasteiger partial charge in [-0.05, 0) is 31.4 Å². The highest BCUT2D eigenvalue weighted by atomic mass is 35.5. The minimum absolute atomic E-state index is 0.272. The molecule has 1 saturated heterocycles. The van der Waals surface area contributed by atoms with Crippen LogP contribution < -0.4 is 4.90 Å². The standard InChI is InChI=1S/C15H16ClN5OS/c1-8-5-11(19-18-8)13-14-15(23-20-13)10(16)6-12(17-14)21-3-4-22-7-9(21)2/h5-6,9H,3-4,7H2,1-2H3,(H,18,19)/t9-/m1/s1. The van der Waals surface area contributed by atoms with Crippen LogP contribution in [0.3, 0.4) is 0 Å². The highest BCUT2D eigenvalue weighted by Crippen LogP contribution is 2.36. The average molecular weight is 350 g/mol. The maximum atomic E-state index is 6.48. The van der Waals surface area contributed by atoms with Crippen LogP contribution in [0.1, 0.15) is 12.6 Å². The molecule has 120 valence electrons. The molecule has 1 aliphatic rings. The molecular weight excluding hydrogens is 334 g/mol. The van der Waals surface area contributed by atoms with E-state index in [1.165, 1.54) is 11.5 Å². The molecule has 0 aromatic carbocycles. The Balaban J connectivity index is 1.85. The number of aryl methyl sites for hydroxylation is 1. The van der Waals surface area contributed by atoms with Crippen molar-refractivity contribution in [2.75, 3.05) is 24.7 Å². The number of anilines is 1. The number of H-pyrrole nitrogens is 1. The third-order valence-corrected chi connectivity index (χ3v) is 5.27. The van der Waals surface area contributed by atoms with Crippen molar-refractivity contribution in [3.63, 3.8) is 0 Å². The maximum absolute atomic E-state index is 6.48. The van der Waals surface area contributed by atoms with Crippen LogP contribution in [-0.4, -0.2) is 45.4 Å². The van der Waals surface area contributed by atoms with E-state index in [4.69, 9.17) is 21.3 Å². The number of ether oxygens (including phenoxy) is 1. The van der Waals surface area contributed by atoms with Crippen molar-refractivity contribution >= 4 is 39.2 Å². The first-order chi connectivity index (χ1) is 11.1. The number of fused-ring (bicyclic) bond motifs is 1. The van der Waals surface area contributed by atoms with E-state index in [1.807, 2.05) is 19.1 Å². The van der Waals surface area contributed by atoms with Crippen molar-refractivity contribution in [3.8, 4) is 11.4 Å². The first kappa shape index (κ1) is 14.9. The van der Waals surface area contributed by atoms with Gasteiger partial charge in [-0.3, -0.25) is 5.10 Å². The number of rotatable bonds is 2. The van der Waals surface area contributed by atoms with Crippen LogP contribution in [0.2, 0.25) is 5.02 Å². The summed E-state index contributed by atoms with van der Waals surface area (Å²) in [4.78, 5) is 7.07. The smallest absolute Gasteiger partial charge is 0.131 e. The second-order valence-corrected chi connectivity index (χ2v) is 6.89. The largest absolute Gasteiger partial charge is 0.377 e. The van der Waals surface area contributed by atoms with Gasteiger partial charge in [-0.15, -0.1) is 0 Å². The number of morpholine rings is 1. The molecule has 0 amide bonds. The van der Waals surface area contributed by atoms with Gasteiger partial charge in [0, 0.05) is 12.6 Å². The fraction of sp³-hybridized carbons (Fsp3) is 0.400. The van der Waals surface area contributed by atoms with E-state index < -0.39 is 0 Å². The Morgan fingerprint density at radius 3 is 3.04 bits per heavy atom. The van der Waals surface area contributed by atoms with Gasteiger partial charge < -0.3 is 9.64 Å². The van der Waals surface area contributed by atoms with Gasteiger partial charge >= 0.3 is 0 Å². The molecular formula is C15H16ClN5OS. The van der Waals surface area contributed by atoms with E-state index >= 15 is 0 Å². The summed E-state index contributed by atoms with van der Waals surface area (Å²) in [6.45, 7) is 6.29. The fourth-order valence-electron chi connectivity index (χ4n) is 2.81. The summed E-state index contributed by atoms with van der Waals surface area (Å²) in [5.74, 6) is 0.871. The highest BCUT2D eigenvalue weighted by Gasteiger charge is 2.23. The molecule has 1 atom stereocenters. The van der Waals surface area contributed by atoms with Crippen LogP contribution in [0.25, 0.3) is 21.6 Å². The number of hydrogen-bond donors (Lipinski definition) is 1. The second kappa shape index (κ2) is 5.74. The number of aromatic nitrogens is 4. The molecule has 0 spiro atoms. The Bertz CT molecular complexity index is 861. The zero-order valence-corrected chi connectivity index (χ0v) is 14.4. The first-order valence-electron chi connectivity index (χ1n) is 7.46. The lowest BCUT2D eigenvalue weighted by atomic mass is 10.2. The Morgan fingerprint density at radius 1 is 1.43 bits per heavy atom. The van der Waals surface area contributed by atoms with Crippen molar-refractivity contribution in [1.29, 1.82) is 0 Å². The normalized spacial score (nSPS) is 18.7. The number of aromatic amines is 1. The van der Waals surface area contributed by atoms with Gasteiger partial charge in [-0.25, -0.2) is 4.98 Å². The maximum Gasteiger partial charge on any atom is 0.131 e. The summed E-state index contributed by atoms with van der Waals surface area (Å²) in [5, 5.41) is 7.87. The van der Waals surface area contributed by atoms with E-state index in [1.54, 1.807) is 0 Å². The van der Waals surface area contributed by atoms with Crippen molar-refractivity contribution in [1.82, 2.24) is 19.6 Å². The summed E-state index contributed by atoms with van der Waals surface area (Å²) >= 11 is 7.85. The van der Waals surface area contributed by atoms with E-state index in [-0.39, 0.29) is 6.04 Å². The lowest BCUT2D eigenvalue weighted by Crippen LogP contribution is -2.44. The molecule has 4 heterocycles. The van der Waals surface area contributed by atoms with E-state index in [0.717, 1.165) is 39.7 Å². The fourth-order valence-corrected chi connectivity index (χ4v) is 3.84. The summed E-state index contributed by atoms with van der Waals surface area (Å²) in [6, 6.07) is 4.16. The molecule has 0 aliphatic carbocycles. The van der Waals surface area contributed by atoms with Crippen LogP contribution in [0, 0.1) is 6.92 Å². The Hall–Kier alpha value is -1.70. The molecule has 1 aliphatic heterocycles. The van der Waals surface area contributed by atoms with Crippen LogP contribution in [0.15, 0.2) is 12.1 Å². The summed E-state index contributed by atoms with van der Waals surface area (Å²) in [5.41, 5.74) is 3.41. The van der Waals surface area contributed by atoms with Crippen LogP contribution >= 0.6 is 23.1 Å². The number of halogens is 1. The Morgan fingerprint density at radius 2 is 2.30 bits per heavy atom. The van der Waals surface area contributed by atoms with Gasteiger partial charge in [-0.1, -0.05) is 11.6 Å². The zero-order chi connectivity index (χ0) is 16.0. The molecule has 3 aromatic rings. The summed E-state index contributed by atoms with van der Waals surface area (Å²) in [7, 11) is 0. The molecule has 1 N–H and O–H groups in total. The predicted octanol–water partition coefficient (Wildman–Crippen LogP) is 3.27. The van der Waals surface area contributed by atoms with Gasteiger partial charge in [-0.2, -0.15) is 9.47 Å². The molecule has 4 rings (SSSR count). The van der Waals surface area contributed by atoms with Crippen LogP contribution in [0.5, 0.6) is 0 Å². The molecule has 0 saturated carbocycles. The summed E-state index contributed by atoms with van der Waals surface area (Å²) in [6.07, 6.45) is 0. The Kier molecular flexibility index (Phi) is 3.71. The zero-order valence-electron chi connectivity index (χ0n) is 12.8. The third kappa shape index (κ3) is 2.58. The van der Waals surface area contributed by atoms with Gasteiger partial charge in [0.15, 0.2) is 0 Å². The van der Waals surface area contributed by atoms with Gasteiger partial charge in [0.2, 0.25) is 0 Å². The highest BCUT2D eigenvalue weighted by molar-refractivity contribution is 7.14. The molecule has 0 radical (unpaired) electrons. The average Bonchev–Trinajstić information content (AvgIpc) is 3.14. The van der Waals surface area contributed by atoms with E-state index in [9.17, 15) is 0 Å². The number of nitrogens with one attached hydrogen (secondary N) is 1. The first-order valence-corrected chi connectivity index (χ1v) is 8.61. The SMILES string of the molecule is Cc1cc(-c2nsc3c(Cl)cc(N4CCOC[C@H]4C)nc23)[nH]n1. The van der Waals surface area contributed by atoms with Crippen molar-refractivity contribution < 1.29 is 4.74 Å². The lowest BCUT2D eigenvalue weighted by Gasteiger charge is -2.34. The summed E-state index contributed by atoms with van der Waals surface area (Å²) < 4.78 is 10.9. The molecule has 8 heteroatoms. The van der Waals surface area contributed by atoms with Gasteiger partial charge in [0.25, 0.3) is 0 Å². The molecule has 6 nitrogen and oxygen atoms in total. The number of nitrogens with zero attached hydrogens (tertiary/aromatic N) is 4. The Labute approximate surface area is 142 Å². The minimum Gasteiger partial charge on any atom is -0.377 e. The van der Waals surface area contributed by atoms with Crippen molar-refractivity contribution in [2.45, 2.75) is 19.9 Å². The number of pyridine rings is 1. The van der Waals surface area contributed by atoms with E-state index in [0.29, 0.717) is 18.2 Å². The number of hydrogen-bond acceptors (Lipinski definition) is 6. The molecule has 1 fully saturated rings. The van der Waals surface area contributed by atoms with Crippen molar-refractivity contribution in [3.05, 3.63) is 22.8 Å². The van der Waals surface area contributed by atoms with Crippen LogP contribution in [0.4, 0.5) is 5.82 Å². The molecule has 0 unspecified atom stereocenters. The molecule has 23 heavy (non-hydrogen) atoms. The van der Waals surface area contributed by atoms with Gasteiger partial charge in [0.05, 0.1) is 40.4 Å². The lowest BCUT2D eigenvalue weighted by molar-refractivity contribution is 0.0986. The van der Waals surface area contributed by atoms with Crippen molar-refractivity contribution in [2.24, 2.45) is 0 Å². The monoisotopic (exact) mass is 349 g/mol. The minimum atomic E-state index is 0.272. The second-order valence-electron chi connectivity index (χ2n) is 5.71. The third-order valence-electron chi connectivity index (χ3n) is 3.99. The molecule has 3 aromatic heterocycles. The molecule has 0 bridgehead atoms. The topological polar surface area (TPSA) is 66.9 Å². The quantitative estimate of drug-likeness (QED) is 0.769.